The van der Waals surface area contributed by atoms with E-state index >= 15 is 0 Å². The van der Waals surface area contributed by atoms with Crippen LogP contribution in [0.4, 0.5) is 10.1 Å². The van der Waals surface area contributed by atoms with Crippen LogP contribution >= 0.6 is 0 Å². The van der Waals surface area contributed by atoms with E-state index in [0.717, 1.165) is 16.1 Å². The van der Waals surface area contributed by atoms with Crippen LogP contribution in [-0.4, -0.2) is 33.7 Å². The van der Waals surface area contributed by atoms with Gasteiger partial charge in [0, 0.05) is 5.56 Å². The summed E-state index contributed by atoms with van der Waals surface area (Å²) in [5.74, 6) is -0.603. The number of halogens is 1. The number of hydrogen-bond donors (Lipinski definition) is 1. The fraction of sp³-hybridized carbons (Fsp3) is 0.167. The first-order valence-corrected chi connectivity index (χ1v) is 11.6. The Morgan fingerprint density at radius 1 is 1.06 bits per heavy atom. The number of aryl methyl sites for hydroxylation is 1. The third-order valence-electron chi connectivity index (χ3n) is 4.63. The quantitative estimate of drug-likeness (QED) is 0.381. The Labute approximate surface area is 192 Å². The van der Waals surface area contributed by atoms with Crippen molar-refractivity contribution in [1.29, 1.82) is 0 Å². The minimum atomic E-state index is -4.06. The molecule has 0 atom stereocenters. The maximum atomic E-state index is 13.7. The van der Waals surface area contributed by atoms with Gasteiger partial charge in [-0.05, 0) is 56.3 Å². The summed E-state index contributed by atoms with van der Waals surface area (Å²) >= 11 is 0. The number of nitrogens with one attached hydrogen (secondary N) is 1. The van der Waals surface area contributed by atoms with Crippen molar-refractivity contribution >= 4 is 27.8 Å². The summed E-state index contributed by atoms with van der Waals surface area (Å²) in [6.07, 6.45) is 1.16. The van der Waals surface area contributed by atoms with Gasteiger partial charge in [0.15, 0.2) is 0 Å². The highest BCUT2D eigenvalue weighted by atomic mass is 32.2. The topological polar surface area (TPSA) is 88.1 Å². The number of hydrazone groups is 1. The molecule has 0 aromatic heterocycles. The van der Waals surface area contributed by atoms with E-state index in [9.17, 15) is 17.6 Å². The molecule has 0 fully saturated rings. The second kappa shape index (κ2) is 10.7. The molecule has 0 aliphatic carbocycles. The van der Waals surface area contributed by atoms with Crippen molar-refractivity contribution in [2.45, 2.75) is 18.7 Å². The molecule has 3 rings (SSSR count). The van der Waals surface area contributed by atoms with Crippen molar-refractivity contribution < 1.29 is 22.3 Å². The van der Waals surface area contributed by atoms with E-state index < -0.39 is 28.3 Å². The zero-order valence-electron chi connectivity index (χ0n) is 18.2. The van der Waals surface area contributed by atoms with Crippen LogP contribution in [0.1, 0.15) is 18.1 Å². The van der Waals surface area contributed by atoms with E-state index in [4.69, 9.17) is 4.74 Å². The van der Waals surface area contributed by atoms with Gasteiger partial charge >= 0.3 is 0 Å². The number of amides is 1. The van der Waals surface area contributed by atoms with E-state index in [1.165, 1.54) is 30.3 Å². The van der Waals surface area contributed by atoms with Crippen molar-refractivity contribution in [2.75, 3.05) is 17.5 Å². The Morgan fingerprint density at radius 2 is 1.73 bits per heavy atom. The van der Waals surface area contributed by atoms with Crippen molar-refractivity contribution in [3.05, 3.63) is 89.7 Å². The second-order valence-electron chi connectivity index (χ2n) is 7.07. The molecular formula is C24H24FN3O4S. The van der Waals surface area contributed by atoms with E-state index in [2.05, 4.69) is 10.5 Å². The lowest BCUT2D eigenvalue weighted by Crippen LogP contribution is -2.39. The zero-order valence-corrected chi connectivity index (χ0v) is 19.0. The monoisotopic (exact) mass is 469 g/mol. The molecule has 0 heterocycles. The fourth-order valence-electron chi connectivity index (χ4n) is 2.95. The van der Waals surface area contributed by atoms with Gasteiger partial charge in [0.25, 0.3) is 15.9 Å². The highest BCUT2D eigenvalue weighted by molar-refractivity contribution is 7.92. The Kier molecular flexibility index (Phi) is 7.78. The van der Waals surface area contributed by atoms with Crippen molar-refractivity contribution in [3.63, 3.8) is 0 Å². The second-order valence-corrected chi connectivity index (χ2v) is 8.93. The number of nitrogens with zero attached hydrogens (tertiary/aromatic N) is 2. The van der Waals surface area contributed by atoms with E-state index in [1.54, 1.807) is 42.5 Å². The minimum Gasteiger partial charge on any atom is -0.494 e. The fourth-order valence-corrected chi connectivity index (χ4v) is 4.37. The van der Waals surface area contributed by atoms with Gasteiger partial charge in [0.1, 0.15) is 18.1 Å². The molecule has 0 spiro atoms. The largest absolute Gasteiger partial charge is 0.494 e. The number of carbonyl (C=O) groups excluding carboxylic acids is 1. The minimum absolute atomic E-state index is 0.0460. The smallest absolute Gasteiger partial charge is 0.264 e. The number of ether oxygens (including phenoxy) is 1. The normalized spacial score (nSPS) is 11.4. The molecule has 7 nitrogen and oxygen atoms in total. The van der Waals surface area contributed by atoms with E-state index in [1.807, 2.05) is 13.8 Å². The van der Waals surface area contributed by atoms with Crippen LogP contribution in [0.3, 0.4) is 0 Å². The molecular weight excluding hydrogens is 445 g/mol. The zero-order chi connectivity index (χ0) is 23.8. The molecule has 0 unspecified atom stereocenters. The van der Waals surface area contributed by atoms with Crippen LogP contribution in [-0.2, 0) is 14.8 Å². The predicted octanol–water partition coefficient (Wildman–Crippen LogP) is 3.88. The molecule has 33 heavy (non-hydrogen) atoms. The molecule has 0 aliphatic heterocycles. The van der Waals surface area contributed by atoms with Crippen molar-refractivity contribution in [3.8, 4) is 5.75 Å². The third kappa shape index (κ3) is 6.17. The Hall–Kier alpha value is -3.72. The summed E-state index contributed by atoms with van der Waals surface area (Å²) in [7, 11) is -4.06. The van der Waals surface area contributed by atoms with Gasteiger partial charge in [0.2, 0.25) is 0 Å². The number of anilines is 1. The molecule has 0 bridgehead atoms. The number of carbonyl (C=O) groups is 1. The summed E-state index contributed by atoms with van der Waals surface area (Å²) in [5.41, 5.74) is 3.63. The molecule has 1 amide bonds. The van der Waals surface area contributed by atoms with E-state index in [0.29, 0.717) is 12.4 Å². The molecule has 0 saturated heterocycles. The summed E-state index contributed by atoms with van der Waals surface area (Å²) in [6, 6.07) is 18.7. The summed E-state index contributed by atoms with van der Waals surface area (Å²) < 4.78 is 46.8. The van der Waals surface area contributed by atoms with Gasteiger partial charge in [0.05, 0.1) is 23.4 Å². The first kappa shape index (κ1) is 23.9. The molecule has 172 valence electrons. The number of rotatable bonds is 9. The average Bonchev–Trinajstić information content (AvgIpc) is 2.80. The first-order valence-electron chi connectivity index (χ1n) is 10.2. The van der Waals surface area contributed by atoms with Crippen LogP contribution in [0.5, 0.6) is 5.75 Å². The first-order chi connectivity index (χ1) is 15.8. The van der Waals surface area contributed by atoms with Crippen LogP contribution < -0.4 is 14.5 Å². The maximum Gasteiger partial charge on any atom is 0.264 e. The van der Waals surface area contributed by atoms with Gasteiger partial charge in [-0.2, -0.15) is 5.10 Å². The van der Waals surface area contributed by atoms with E-state index in [-0.39, 0.29) is 16.1 Å². The Morgan fingerprint density at radius 3 is 2.36 bits per heavy atom. The van der Waals surface area contributed by atoms with Crippen LogP contribution in [0.25, 0.3) is 0 Å². The van der Waals surface area contributed by atoms with Crippen LogP contribution in [0.2, 0.25) is 0 Å². The molecule has 3 aromatic carbocycles. The van der Waals surface area contributed by atoms with Gasteiger partial charge in [-0.3, -0.25) is 9.10 Å². The molecule has 1 N–H and O–H groups in total. The molecule has 0 aliphatic rings. The molecule has 3 aromatic rings. The summed E-state index contributed by atoms with van der Waals surface area (Å²) in [4.78, 5) is 12.6. The van der Waals surface area contributed by atoms with Crippen LogP contribution in [0, 0.1) is 12.7 Å². The lowest BCUT2D eigenvalue weighted by atomic mass is 10.2. The average molecular weight is 470 g/mol. The van der Waals surface area contributed by atoms with Gasteiger partial charge in [-0.25, -0.2) is 18.2 Å². The lowest BCUT2D eigenvalue weighted by molar-refractivity contribution is -0.119. The summed E-state index contributed by atoms with van der Waals surface area (Å²) in [5, 5.41) is 3.75. The standard InChI is InChI=1S/C24H24FN3O4S/c1-3-32-21-12-10-20(11-13-21)28(33(30,31)22-14-8-18(2)9-15-22)17-24(29)27-26-16-19-6-4-5-7-23(19)25/h4-16H,3,17H2,1-2H3,(H,27,29)/b26-16+. The molecule has 0 radical (unpaired) electrons. The molecule has 0 saturated carbocycles. The maximum absolute atomic E-state index is 13.7. The van der Waals surface area contributed by atoms with Gasteiger partial charge in [-0.15, -0.1) is 0 Å². The highest BCUT2D eigenvalue weighted by Crippen LogP contribution is 2.26. The van der Waals surface area contributed by atoms with Gasteiger partial charge in [-0.1, -0.05) is 35.9 Å². The predicted molar refractivity (Wildman–Crippen MR) is 125 cm³/mol. The Balaban J connectivity index is 1.85. The van der Waals surface area contributed by atoms with Crippen molar-refractivity contribution in [1.82, 2.24) is 5.43 Å². The highest BCUT2D eigenvalue weighted by Gasteiger charge is 2.27. The number of hydrogen-bond acceptors (Lipinski definition) is 5. The van der Waals surface area contributed by atoms with Crippen molar-refractivity contribution in [2.24, 2.45) is 5.10 Å². The number of sulfonamides is 1. The van der Waals surface area contributed by atoms with Crippen LogP contribution in [0.15, 0.2) is 82.8 Å². The third-order valence-corrected chi connectivity index (χ3v) is 6.42. The summed E-state index contributed by atoms with van der Waals surface area (Å²) in [6.45, 7) is 3.63. The number of benzene rings is 3. The SMILES string of the molecule is CCOc1ccc(N(CC(=O)N/N=C/c2ccccc2F)S(=O)(=O)c2ccc(C)cc2)cc1. The Bertz CT molecular complexity index is 1230. The lowest BCUT2D eigenvalue weighted by Gasteiger charge is -2.24. The van der Waals surface area contributed by atoms with Gasteiger partial charge < -0.3 is 4.74 Å². The molecule has 9 heteroatoms.